The molecular weight excluding hydrogens is 535 g/mol. The van der Waals surface area contributed by atoms with Gasteiger partial charge in [0.15, 0.2) is 0 Å². The highest BCUT2D eigenvalue weighted by Gasteiger charge is 2.35. The molecule has 0 aliphatic rings. The molecule has 0 aliphatic heterocycles. The number of halogens is 4. The van der Waals surface area contributed by atoms with E-state index in [0.717, 1.165) is 23.3 Å². The minimum Gasteiger partial charge on any atom is -0.497 e. The maximum Gasteiger partial charge on any atom is 0.417 e. The van der Waals surface area contributed by atoms with Gasteiger partial charge in [0.1, 0.15) is 18.3 Å². The molecule has 13 heteroatoms. The van der Waals surface area contributed by atoms with Crippen molar-refractivity contribution in [2.24, 2.45) is 0 Å². The van der Waals surface area contributed by atoms with Crippen LogP contribution in [0.25, 0.3) is 0 Å². The summed E-state index contributed by atoms with van der Waals surface area (Å²) < 4.78 is 71.0. The molecule has 1 N–H and O–H groups in total. The Morgan fingerprint density at radius 3 is 2.16 bits per heavy atom. The Hall–Kier alpha value is -2.99. The van der Waals surface area contributed by atoms with Crippen LogP contribution in [-0.4, -0.2) is 57.1 Å². The highest BCUT2D eigenvalue weighted by Crippen LogP contribution is 2.37. The SMILES string of the molecule is COc1ccc(CN(C(=O)CN(c2ccc(Cl)c(C(F)(F)F)c2)S(C)(=O)=O)[C@@H](C)C(=O)NC(C)C)cc1. The molecule has 0 unspecified atom stereocenters. The van der Waals surface area contributed by atoms with Crippen molar-refractivity contribution < 1.29 is 35.9 Å². The van der Waals surface area contributed by atoms with Crippen LogP contribution in [0.4, 0.5) is 18.9 Å². The van der Waals surface area contributed by atoms with E-state index in [1.54, 1.807) is 38.1 Å². The number of sulfonamides is 1. The van der Waals surface area contributed by atoms with Crippen molar-refractivity contribution in [3.63, 3.8) is 0 Å². The summed E-state index contributed by atoms with van der Waals surface area (Å²) in [6, 6.07) is 7.98. The quantitative estimate of drug-likeness (QED) is 0.470. The maximum absolute atomic E-state index is 13.4. The first-order valence-corrected chi connectivity index (χ1v) is 13.3. The van der Waals surface area contributed by atoms with Crippen molar-refractivity contribution in [2.45, 2.75) is 45.6 Å². The van der Waals surface area contributed by atoms with E-state index in [2.05, 4.69) is 5.32 Å². The summed E-state index contributed by atoms with van der Waals surface area (Å²) in [5.74, 6) is -0.705. The van der Waals surface area contributed by atoms with Crippen molar-refractivity contribution in [1.82, 2.24) is 10.2 Å². The summed E-state index contributed by atoms with van der Waals surface area (Å²) in [6.45, 7) is 4.05. The van der Waals surface area contributed by atoms with Gasteiger partial charge in [-0.1, -0.05) is 23.7 Å². The summed E-state index contributed by atoms with van der Waals surface area (Å²) in [5.41, 5.74) is -1.01. The molecular formula is C24H29ClF3N3O5S. The summed E-state index contributed by atoms with van der Waals surface area (Å²) in [6.07, 6.45) is -4.07. The minimum absolute atomic E-state index is 0.0679. The largest absolute Gasteiger partial charge is 0.497 e. The molecule has 1 atom stereocenters. The number of rotatable bonds is 10. The lowest BCUT2D eigenvalue weighted by Gasteiger charge is -2.32. The second-order valence-corrected chi connectivity index (χ2v) is 11.0. The van der Waals surface area contributed by atoms with Crippen LogP contribution >= 0.6 is 11.6 Å². The van der Waals surface area contributed by atoms with E-state index in [9.17, 15) is 31.2 Å². The Labute approximate surface area is 219 Å². The van der Waals surface area contributed by atoms with Gasteiger partial charge in [-0.3, -0.25) is 13.9 Å². The third-order valence-electron chi connectivity index (χ3n) is 5.33. The average Bonchev–Trinajstić information content (AvgIpc) is 2.79. The number of anilines is 1. The number of carbonyl (C=O) groups excluding carboxylic acids is 2. The van der Waals surface area contributed by atoms with Gasteiger partial charge in [0, 0.05) is 12.6 Å². The smallest absolute Gasteiger partial charge is 0.417 e. The van der Waals surface area contributed by atoms with Crippen LogP contribution in [0.1, 0.15) is 31.9 Å². The number of hydrogen-bond acceptors (Lipinski definition) is 5. The molecule has 2 rings (SSSR count). The van der Waals surface area contributed by atoms with Gasteiger partial charge in [-0.05, 0) is 56.7 Å². The van der Waals surface area contributed by atoms with Gasteiger partial charge >= 0.3 is 6.18 Å². The lowest BCUT2D eigenvalue weighted by Crippen LogP contribution is -2.52. The first kappa shape index (κ1) is 30.2. The molecule has 0 aliphatic carbocycles. The predicted octanol–water partition coefficient (Wildman–Crippen LogP) is 4.08. The number of methoxy groups -OCH3 is 1. The highest BCUT2D eigenvalue weighted by atomic mass is 35.5. The average molecular weight is 564 g/mol. The summed E-state index contributed by atoms with van der Waals surface area (Å²) in [7, 11) is -2.72. The Bertz CT molecular complexity index is 1220. The Morgan fingerprint density at radius 1 is 1.08 bits per heavy atom. The number of amides is 2. The number of alkyl halides is 3. The van der Waals surface area contributed by atoms with Crippen LogP contribution < -0.4 is 14.4 Å². The van der Waals surface area contributed by atoms with E-state index in [-0.39, 0.29) is 12.6 Å². The zero-order chi connectivity index (χ0) is 28.1. The molecule has 0 saturated carbocycles. The van der Waals surface area contributed by atoms with E-state index in [0.29, 0.717) is 21.7 Å². The Balaban J connectivity index is 2.47. The molecule has 37 heavy (non-hydrogen) atoms. The minimum atomic E-state index is -4.84. The van der Waals surface area contributed by atoms with Gasteiger partial charge in [-0.15, -0.1) is 0 Å². The normalized spacial score (nSPS) is 12.7. The fourth-order valence-corrected chi connectivity index (χ4v) is 4.48. The molecule has 2 aromatic rings. The third-order valence-corrected chi connectivity index (χ3v) is 6.80. The summed E-state index contributed by atoms with van der Waals surface area (Å²) in [4.78, 5) is 27.4. The monoisotopic (exact) mass is 563 g/mol. The molecule has 0 radical (unpaired) electrons. The Kier molecular flexibility index (Phi) is 9.84. The molecule has 2 aromatic carbocycles. The number of carbonyl (C=O) groups is 2. The van der Waals surface area contributed by atoms with E-state index in [1.165, 1.54) is 14.0 Å². The number of nitrogens with zero attached hydrogens (tertiary/aromatic N) is 2. The van der Waals surface area contributed by atoms with Gasteiger partial charge in [-0.2, -0.15) is 13.2 Å². The van der Waals surface area contributed by atoms with Gasteiger partial charge in [0.05, 0.1) is 29.6 Å². The molecule has 0 saturated heterocycles. The van der Waals surface area contributed by atoms with Crippen LogP contribution in [0.15, 0.2) is 42.5 Å². The molecule has 204 valence electrons. The lowest BCUT2D eigenvalue weighted by atomic mass is 10.1. The number of nitrogens with one attached hydrogen (secondary N) is 1. The van der Waals surface area contributed by atoms with Crippen molar-refractivity contribution in [3.8, 4) is 5.75 Å². The van der Waals surface area contributed by atoms with Gasteiger partial charge in [-0.25, -0.2) is 8.42 Å². The summed E-state index contributed by atoms with van der Waals surface area (Å²) >= 11 is 5.67. The van der Waals surface area contributed by atoms with Crippen LogP contribution in [0, 0.1) is 0 Å². The molecule has 0 spiro atoms. The fourth-order valence-electron chi connectivity index (χ4n) is 3.41. The second kappa shape index (κ2) is 12.0. The Morgan fingerprint density at radius 2 is 1.68 bits per heavy atom. The van der Waals surface area contributed by atoms with Crippen LogP contribution in [0.5, 0.6) is 5.75 Å². The maximum atomic E-state index is 13.4. The molecule has 0 heterocycles. The van der Waals surface area contributed by atoms with Crippen molar-refractivity contribution in [1.29, 1.82) is 0 Å². The van der Waals surface area contributed by atoms with E-state index >= 15 is 0 Å². The molecule has 0 bridgehead atoms. The van der Waals surface area contributed by atoms with E-state index in [1.807, 2.05) is 0 Å². The zero-order valence-corrected chi connectivity index (χ0v) is 22.5. The summed E-state index contributed by atoms with van der Waals surface area (Å²) in [5, 5.41) is 2.09. The standard InChI is InChI=1S/C24H29ClF3N3O5S/c1-15(2)29-23(33)16(3)30(13-17-6-9-19(36-4)10-7-17)22(32)14-31(37(5,34)35)18-8-11-21(25)20(12-18)24(26,27)28/h6-12,15-16H,13-14H2,1-5H3,(H,29,33)/t16-/m0/s1. The van der Waals surface area contributed by atoms with E-state index < -0.39 is 56.9 Å². The van der Waals surface area contributed by atoms with Gasteiger partial charge in [0.2, 0.25) is 21.8 Å². The van der Waals surface area contributed by atoms with Crippen LogP contribution in [0.3, 0.4) is 0 Å². The van der Waals surface area contributed by atoms with Crippen LogP contribution in [0.2, 0.25) is 5.02 Å². The van der Waals surface area contributed by atoms with Crippen molar-refractivity contribution in [2.75, 3.05) is 24.2 Å². The molecule has 0 fully saturated rings. The molecule has 2 amide bonds. The molecule has 0 aromatic heterocycles. The number of hydrogen-bond donors (Lipinski definition) is 1. The van der Waals surface area contributed by atoms with Gasteiger partial charge < -0.3 is 15.0 Å². The van der Waals surface area contributed by atoms with E-state index in [4.69, 9.17) is 16.3 Å². The van der Waals surface area contributed by atoms with Crippen molar-refractivity contribution in [3.05, 3.63) is 58.6 Å². The third kappa shape index (κ3) is 8.26. The topological polar surface area (TPSA) is 96.0 Å². The number of ether oxygens (including phenoxy) is 1. The van der Waals surface area contributed by atoms with Gasteiger partial charge in [0.25, 0.3) is 0 Å². The zero-order valence-electron chi connectivity index (χ0n) is 21.0. The lowest BCUT2D eigenvalue weighted by molar-refractivity contribution is -0.139. The van der Waals surface area contributed by atoms with Crippen LogP contribution in [-0.2, 0) is 32.3 Å². The first-order chi connectivity index (χ1) is 17.0. The molecule has 8 nitrogen and oxygen atoms in total. The predicted molar refractivity (Wildman–Crippen MR) is 135 cm³/mol. The fraction of sp³-hybridized carbons (Fsp3) is 0.417. The second-order valence-electron chi connectivity index (χ2n) is 8.64. The van der Waals surface area contributed by atoms with Crippen molar-refractivity contribution >= 4 is 39.1 Å². The highest BCUT2D eigenvalue weighted by molar-refractivity contribution is 7.92. The first-order valence-electron chi connectivity index (χ1n) is 11.1. The number of benzene rings is 2.